The Morgan fingerprint density at radius 1 is 0.403 bits per heavy atom. The summed E-state index contributed by atoms with van der Waals surface area (Å²) in [5.41, 5.74) is 0. The Morgan fingerprint density at radius 2 is 0.687 bits per heavy atom. The molecule has 0 aliphatic heterocycles. The Morgan fingerprint density at radius 3 is 0.955 bits per heavy atom. The molecular weight excluding hydrogens is 927 g/mol. The van der Waals surface area contributed by atoms with Crippen molar-refractivity contribution in [1.29, 1.82) is 0 Å². The smallest absolute Gasteiger partial charge is 0.405 e. The van der Waals surface area contributed by atoms with E-state index in [1.807, 2.05) is 0 Å². The molecule has 3 nitrogen and oxygen atoms in total. The molecule has 0 heterocycles. The molecule has 0 aliphatic rings. The zero-order valence-corrected chi connectivity index (χ0v) is 45.3. The molecule has 0 bridgehead atoms. The maximum atomic E-state index is 14.4. The quantitative estimate of drug-likeness (QED) is 0.0285. The molecule has 67 heavy (non-hydrogen) atoms. The van der Waals surface area contributed by atoms with Gasteiger partial charge in [0.15, 0.2) is 0 Å². The number of halogens is 6. The molecule has 0 saturated heterocycles. The molecule has 0 amide bonds. The van der Waals surface area contributed by atoms with Gasteiger partial charge in [-0.05, 0) is 41.3 Å². The third kappa shape index (κ3) is 16.7. The number of nitrogens with zero attached hydrogens (tertiary/aromatic N) is 1. The van der Waals surface area contributed by atoms with Crippen molar-refractivity contribution in [3.63, 3.8) is 0 Å². The van der Waals surface area contributed by atoms with Crippen LogP contribution in [0.25, 0.3) is 0 Å². The summed E-state index contributed by atoms with van der Waals surface area (Å²) in [5.74, 6) is -0.596. The molecule has 4 aromatic carbocycles. The minimum atomic E-state index is -4.96. The van der Waals surface area contributed by atoms with Crippen LogP contribution < -0.4 is 41.1 Å². The van der Waals surface area contributed by atoms with Crippen LogP contribution in [0.4, 0.5) is 26.3 Å². The monoisotopic (exact) mass is 1010 g/mol. The summed E-state index contributed by atoms with van der Waals surface area (Å²) in [4.78, 5) is 0. The van der Waals surface area contributed by atoms with Crippen LogP contribution in [0.2, 0.25) is 36.3 Å². The normalized spacial score (nSPS) is 13.5. The Balaban J connectivity index is 2.11. The van der Waals surface area contributed by atoms with E-state index in [4.69, 9.17) is 9.47 Å². The van der Waals surface area contributed by atoms with Gasteiger partial charge in [0, 0.05) is 33.3 Å². The lowest BCUT2D eigenvalue weighted by Gasteiger charge is -2.40. The topological polar surface area (TPSA) is 21.7 Å². The van der Waals surface area contributed by atoms with Gasteiger partial charge in [-0.3, -0.25) is 0 Å². The molecule has 372 valence electrons. The Hall–Kier alpha value is -2.69. The molecule has 0 aromatic heterocycles. The van der Waals surface area contributed by atoms with Gasteiger partial charge in [0.25, 0.3) is 0 Å². The van der Waals surface area contributed by atoms with Crippen LogP contribution in [0.3, 0.4) is 0 Å². The fraction of sp³-hybridized carbons (Fsp3) is 0.556. The first-order valence-corrected chi connectivity index (χ1v) is 33.3. The van der Waals surface area contributed by atoms with Crippen molar-refractivity contribution in [2.24, 2.45) is 0 Å². The second-order valence-electron chi connectivity index (χ2n) is 18.4. The van der Waals surface area contributed by atoms with Crippen LogP contribution in [0.1, 0.15) is 138 Å². The summed E-state index contributed by atoms with van der Waals surface area (Å²) >= 11 is 0. The maximum Gasteiger partial charge on any atom is 0.573 e. The zero-order valence-electron chi connectivity index (χ0n) is 41.5. The zero-order chi connectivity index (χ0) is 48.9. The van der Waals surface area contributed by atoms with Crippen molar-refractivity contribution in [1.82, 2.24) is 4.44 Å². The largest absolute Gasteiger partial charge is 0.573 e. The highest BCUT2D eigenvalue weighted by Gasteiger charge is 2.41. The molecule has 0 fully saturated rings. The molecule has 0 radical (unpaired) electrons. The van der Waals surface area contributed by atoms with Gasteiger partial charge in [-0.1, -0.05) is 251 Å². The molecule has 4 aromatic rings. The number of rotatable bonds is 31. The first kappa shape index (κ1) is 56.9. The van der Waals surface area contributed by atoms with Gasteiger partial charge < -0.3 is 9.47 Å². The van der Waals surface area contributed by atoms with Crippen molar-refractivity contribution >= 4 is 63.9 Å². The minimum absolute atomic E-state index is 0.298. The van der Waals surface area contributed by atoms with E-state index in [0.29, 0.717) is 23.6 Å². The van der Waals surface area contributed by atoms with Crippen LogP contribution in [0.15, 0.2) is 97.1 Å². The lowest BCUT2D eigenvalue weighted by Crippen LogP contribution is -2.48. The third-order valence-electron chi connectivity index (χ3n) is 13.3. The summed E-state index contributed by atoms with van der Waals surface area (Å²) in [6.45, 7) is 15.9. The number of para-hydroxylation sites is 2. The van der Waals surface area contributed by atoms with E-state index < -0.39 is 45.0 Å². The van der Waals surface area contributed by atoms with Gasteiger partial charge in [-0.2, -0.15) is 0 Å². The molecule has 13 heteroatoms. The molecule has 4 rings (SSSR count). The first-order chi connectivity index (χ1) is 32.1. The van der Waals surface area contributed by atoms with Gasteiger partial charge >= 0.3 is 12.7 Å². The van der Waals surface area contributed by atoms with Gasteiger partial charge in [0.2, 0.25) is 0 Å². The number of ether oxygens (including phenoxy) is 2. The average Bonchev–Trinajstić information content (AvgIpc) is 3.31. The number of hydrogen-bond donors (Lipinski definition) is 0. The first-order valence-electron chi connectivity index (χ1n) is 25.4. The van der Waals surface area contributed by atoms with Gasteiger partial charge in [0.05, 0.1) is 16.1 Å². The molecule has 2 atom stereocenters. The number of hydrogen-bond acceptors (Lipinski definition) is 3. The summed E-state index contributed by atoms with van der Waals surface area (Å²) < 4.78 is 98.4. The summed E-state index contributed by atoms with van der Waals surface area (Å²) in [6.07, 6.45) is 5.12. The Bertz CT molecular complexity index is 1820. The number of benzene rings is 4. The lowest BCUT2D eigenvalue weighted by atomic mass is 10.3. The maximum absolute atomic E-state index is 14.4. The molecule has 2 unspecified atom stereocenters. The second kappa shape index (κ2) is 28.2. The average molecular weight is 1010 g/mol. The molecular formula is C54H79F6NO2P2Si2. The Labute approximate surface area is 404 Å². The van der Waals surface area contributed by atoms with E-state index in [1.54, 1.807) is 36.4 Å². The fourth-order valence-electron chi connectivity index (χ4n) is 9.69. The van der Waals surface area contributed by atoms with Crippen LogP contribution in [0, 0.1) is 0 Å². The van der Waals surface area contributed by atoms with E-state index >= 15 is 0 Å². The van der Waals surface area contributed by atoms with Crippen LogP contribution >= 0.6 is 16.1 Å². The van der Waals surface area contributed by atoms with E-state index in [1.165, 1.54) is 58.8 Å². The second-order valence-corrected chi connectivity index (χ2v) is 32.2. The van der Waals surface area contributed by atoms with Crippen LogP contribution in [0.5, 0.6) is 11.5 Å². The van der Waals surface area contributed by atoms with E-state index in [-0.39, 0.29) is 11.5 Å². The van der Waals surface area contributed by atoms with Crippen LogP contribution in [-0.4, -0.2) is 39.9 Å². The van der Waals surface area contributed by atoms with Crippen LogP contribution in [-0.2, 0) is 0 Å². The van der Waals surface area contributed by atoms with E-state index in [0.717, 1.165) is 94.1 Å². The predicted octanol–water partition coefficient (Wildman–Crippen LogP) is 16.1. The fourth-order valence-corrected chi connectivity index (χ4v) is 27.0. The minimum Gasteiger partial charge on any atom is -0.405 e. The molecule has 0 spiro atoms. The van der Waals surface area contributed by atoms with Crippen molar-refractivity contribution in [3.8, 4) is 11.5 Å². The van der Waals surface area contributed by atoms with Gasteiger partial charge in [-0.15, -0.1) is 26.3 Å². The SMILES string of the molecule is CCCCN(P(c1ccc([Si](CCCC)(CCCC)CCCC)cc1)c1ccccc1OC(F)(F)F)P(c1ccc([Si](CCCC)(CCCC)CCCC)cc1)c1ccccc1OC(F)(F)F. The standard InChI is InChI=1S/C54H79F6NO2P2Si2/c1-8-15-38-61(64(51-28-24-22-26-49(51)62-53(55,56)57)45-30-34-47(35-31-45)66(39-16-9-2,40-17-10-3)41-18-11-4)65(52-29-25-23-27-50(52)63-54(58,59)60)46-32-36-48(37-33-46)67(42-19-12-5,43-20-13-6)44-21-14-7/h22-37H,8-21,38-44H2,1-7H3. The highest BCUT2D eigenvalue weighted by atomic mass is 31.2. The summed E-state index contributed by atoms with van der Waals surface area (Å²) in [5, 5.41) is 5.17. The molecule has 0 N–H and O–H groups in total. The number of alkyl halides is 6. The number of unbranched alkanes of at least 4 members (excludes halogenated alkanes) is 7. The Kier molecular flexibility index (Phi) is 24.0. The summed E-state index contributed by atoms with van der Waals surface area (Å²) in [6, 6.07) is 37.4. The highest BCUT2D eigenvalue weighted by molar-refractivity contribution is 7.84. The van der Waals surface area contributed by atoms with Crippen molar-refractivity contribution in [3.05, 3.63) is 97.1 Å². The lowest BCUT2D eigenvalue weighted by molar-refractivity contribution is -0.275. The van der Waals surface area contributed by atoms with E-state index in [2.05, 4.69) is 101 Å². The van der Waals surface area contributed by atoms with Crippen molar-refractivity contribution < 1.29 is 35.8 Å². The third-order valence-corrected chi connectivity index (χ3v) is 29.9. The summed E-state index contributed by atoms with van der Waals surface area (Å²) in [7, 11) is -7.61. The van der Waals surface area contributed by atoms with Gasteiger partial charge in [-0.25, -0.2) is 4.44 Å². The highest BCUT2D eigenvalue weighted by Crippen LogP contribution is 2.57. The van der Waals surface area contributed by atoms with Gasteiger partial charge in [0.1, 0.15) is 11.5 Å². The predicted molar refractivity (Wildman–Crippen MR) is 282 cm³/mol. The molecule has 0 aliphatic carbocycles. The molecule has 0 saturated carbocycles. The van der Waals surface area contributed by atoms with E-state index in [9.17, 15) is 26.3 Å². The van der Waals surface area contributed by atoms with Crippen molar-refractivity contribution in [2.45, 2.75) is 187 Å². The van der Waals surface area contributed by atoms with Crippen molar-refractivity contribution in [2.75, 3.05) is 6.54 Å².